The molecule has 1 aromatic heterocycles. The minimum Gasteiger partial charge on any atom is -0.481 e. The Bertz CT molecular complexity index is 1640. The van der Waals surface area contributed by atoms with Crippen molar-refractivity contribution in [3.63, 3.8) is 0 Å². The van der Waals surface area contributed by atoms with Gasteiger partial charge in [-0.05, 0) is 69.3 Å². The molecule has 2 saturated heterocycles. The highest BCUT2D eigenvalue weighted by atomic mass is 35.5. The predicted molar refractivity (Wildman–Crippen MR) is 183 cm³/mol. The van der Waals surface area contributed by atoms with E-state index >= 15 is 0 Å². The molecule has 2 aromatic carbocycles. The van der Waals surface area contributed by atoms with E-state index in [1.54, 1.807) is 18.3 Å². The zero-order chi connectivity index (χ0) is 33.3. The number of piperazine rings is 1. The summed E-state index contributed by atoms with van der Waals surface area (Å²) in [5.41, 5.74) is 2.38. The van der Waals surface area contributed by atoms with Gasteiger partial charge in [0.2, 0.25) is 5.85 Å². The van der Waals surface area contributed by atoms with Gasteiger partial charge in [-0.15, -0.1) is 0 Å². The first-order valence-electron chi connectivity index (χ1n) is 16.5. The fourth-order valence-corrected chi connectivity index (χ4v) is 7.84. The number of ether oxygens (including phenoxy) is 1. The van der Waals surface area contributed by atoms with E-state index in [1.165, 1.54) is 0 Å². The van der Waals surface area contributed by atoms with Crippen LogP contribution in [0.25, 0.3) is 10.9 Å². The molecule has 2 N–H and O–H groups in total. The van der Waals surface area contributed by atoms with E-state index in [0.29, 0.717) is 60.6 Å². The van der Waals surface area contributed by atoms with Crippen molar-refractivity contribution in [3.05, 3.63) is 63.8 Å². The fourth-order valence-electron chi connectivity index (χ4n) is 7.38. The molecule has 0 radical (unpaired) electrons. The molecule has 1 aliphatic carbocycles. The monoisotopic (exact) mass is 683 g/mol. The number of aliphatic carboxylic acids is 1. The van der Waals surface area contributed by atoms with Crippen molar-refractivity contribution < 1.29 is 24.2 Å². The van der Waals surface area contributed by atoms with Crippen LogP contribution in [0.4, 0.5) is 5.69 Å². The molecule has 3 aliphatic rings. The number of rotatable bonds is 10. The SMILES string of the molecule is CN1CCN(C(OC2CCC(C(=O)O)CC2)(C(=O)Cc2cc(Cl)c(NC(=O)c3cn(C)c4ccccc34)cc2Cl)N2CCCC2)CC1. The van der Waals surface area contributed by atoms with E-state index in [9.17, 15) is 19.5 Å². The number of likely N-dealkylation sites (tertiary alicyclic amines) is 1. The maximum Gasteiger partial charge on any atom is 0.306 e. The van der Waals surface area contributed by atoms with Crippen LogP contribution in [0, 0.1) is 5.92 Å². The number of Topliss-reactive ketones (excluding diaryl/α,β-unsaturated/α-hetero) is 1. The highest BCUT2D eigenvalue weighted by molar-refractivity contribution is 6.36. The maximum absolute atomic E-state index is 14.8. The number of anilines is 1. The Labute approximate surface area is 285 Å². The van der Waals surface area contributed by atoms with E-state index in [-0.39, 0.29) is 35.2 Å². The van der Waals surface area contributed by atoms with E-state index in [4.69, 9.17) is 27.9 Å². The van der Waals surface area contributed by atoms with Gasteiger partial charge < -0.3 is 24.6 Å². The minimum absolute atomic E-state index is 0.0105. The fraction of sp³-hybridized carbons (Fsp3) is 0.514. The molecule has 1 unspecified atom stereocenters. The zero-order valence-electron chi connectivity index (χ0n) is 27.0. The lowest BCUT2D eigenvalue weighted by Gasteiger charge is -2.51. The first-order valence-corrected chi connectivity index (χ1v) is 17.3. The molecule has 10 nitrogen and oxygen atoms in total. The second-order valence-electron chi connectivity index (χ2n) is 13.2. The van der Waals surface area contributed by atoms with Crippen LogP contribution in [0.5, 0.6) is 0 Å². The third kappa shape index (κ3) is 6.95. The summed E-state index contributed by atoms with van der Waals surface area (Å²) in [6.07, 6.45) is 5.71. The lowest BCUT2D eigenvalue weighted by molar-refractivity contribution is -0.260. The van der Waals surface area contributed by atoms with Crippen LogP contribution in [0.2, 0.25) is 10.0 Å². The average molecular weight is 685 g/mol. The third-order valence-corrected chi connectivity index (χ3v) is 10.7. The number of fused-ring (bicyclic) bond motifs is 1. The first kappa shape index (κ1) is 33.9. The predicted octanol–water partition coefficient (Wildman–Crippen LogP) is 5.51. The van der Waals surface area contributed by atoms with Gasteiger partial charge in [0.15, 0.2) is 5.78 Å². The van der Waals surface area contributed by atoms with Gasteiger partial charge in [-0.25, -0.2) is 0 Å². The second-order valence-corrected chi connectivity index (χ2v) is 14.0. The molecule has 6 rings (SSSR count). The van der Waals surface area contributed by atoms with Crippen LogP contribution < -0.4 is 5.32 Å². The number of hydrogen-bond donors (Lipinski definition) is 2. The van der Waals surface area contributed by atoms with Crippen molar-refractivity contribution in [2.45, 2.75) is 56.9 Å². The number of nitrogens with zero attached hydrogens (tertiary/aromatic N) is 4. The smallest absolute Gasteiger partial charge is 0.306 e. The van der Waals surface area contributed by atoms with Crippen molar-refractivity contribution in [1.29, 1.82) is 0 Å². The molecule has 47 heavy (non-hydrogen) atoms. The van der Waals surface area contributed by atoms with Crippen LogP contribution in [-0.2, 0) is 27.8 Å². The Morgan fingerprint density at radius 1 is 0.915 bits per heavy atom. The van der Waals surface area contributed by atoms with Crippen LogP contribution in [-0.4, -0.2) is 100 Å². The summed E-state index contributed by atoms with van der Waals surface area (Å²) in [6.45, 7) is 4.39. The number of ketones is 1. The van der Waals surface area contributed by atoms with Crippen molar-refractivity contribution >= 4 is 57.5 Å². The summed E-state index contributed by atoms with van der Waals surface area (Å²) < 4.78 is 8.89. The number of likely N-dealkylation sites (N-methyl/N-ethyl adjacent to an activating group) is 1. The van der Waals surface area contributed by atoms with Gasteiger partial charge in [0, 0.05) is 74.9 Å². The van der Waals surface area contributed by atoms with E-state index < -0.39 is 11.8 Å². The van der Waals surface area contributed by atoms with Gasteiger partial charge in [0.05, 0.1) is 28.3 Å². The largest absolute Gasteiger partial charge is 0.481 e. The average Bonchev–Trinajstić information content (AvgIpc) is 3.72. The number of amides is 1. The molecule has 3 fully saturated rings. The van der Waals surface area contributed by atoms with Crippen molar-refractivity contribution in [1.82, 2.24) is 19.3 Å². The molecule has 1 saturated carbocycles. The topological polar surface area (TPSA) is 107 Å². The molecule has 1 amide bonds. The Morgan fingerprint density at radius 2 is 1.57 bits per heavy atom. The highest BCUT2D eigenvalue weighted by Crippen LogP contribution is 2.38. The van der Waals surface area contributed by atoms with Crippen molar-refractivity contribution in [2.75, 3.05) is 51.6 Å². The van der Waals surface area contributed by atoms with Crippen molar-refractivity contribution in [2.24, 2.45) is 13.0 Å². The number of carboxylic acids is 1. The molecular weight excluding hydrogens is 641 g/mol. The summed E-state index contributed by atoms with van der Waals surface area (Å²) in [4.78, 5) is 46.4. The normalized spacial score (nSPS) is 22.7. The number of carboxylic acid groups (broad SMARTS) is 1. The Kier molecular flexibility index (Phi) is 10.3. The van der Waals surface area contributed by atoms with E-state index in [2.05, 4.69) is 27.1 Å². The molecule has 252 valence electrons. The number of carbonyl (C=O) groups excluding carboxylic acids is 2. The number of halogens is 2. The van der Waals surface area contributed by atoms with Crippen LogP contribution in [0.3, 0.4) is 0 Å². The lowest BCUT2D eigenvalue weighted by Crippen LogP contribution is -2.70. The molecular formula is C35H43Cl2N5O5. The summed E-state index contributed by atoms with van der Waals surface area (Å²) in [5.74, 6) is -2.87. The third-order valence-electron chi connectivity index (χ3n) is 10.1. The molecule has 3 aromatic rings. The van der Waals surface area contributed by atoms with Gasteiger partial charge in [-0.1, -0.05) is 41.4 Å². The summed E-state index contributed by atoms with van der Waals surface area (Å²) in [5, 5.41) is 13.9. The lowest BCUT2D eigenvalue weighted by atomic mass is 9.87. The Morgan fingerprint density at radius 3 is 2.26 bits per heavy atom. The second kappa shape index (κ2) is 14.2. The molecule has 1 atom stereocenters. The molecule has 0 spiro atoms. The molecule has 12 heteroatoms. The minimum atomic E-state index is -1.30. The maximum atomic E-state index is 14.8. The van der Waals surface area contributed by atoms with Gasteiger partial charge in [0.25, 0.3) is 5.91 Å². The van der Waals surface area contributed by atoms with Gasteiger partial charge in [-0.3, -0.25) is 24.2 Å². The number of hydrogen-bond acceptors (Lipinski definition) is 7. The standard InChI is InChI=1S/C35H43Cl2N5O5/c1-39-15-17-42(18-16-39)35(41-13-5-6-14-41,47-25-11-9-23(10-12-25)34(45)46)32(43)20-24-19-29(37)30(21-28(24)36)38-33(44)27-22-40(2)31-8-4-3-7-26(27)31/h3-4,7-8,19,21-23,25H,5-6,9-18,20H2,1-2H3,(H,38,44)(H,45,46). The number of carbonyl (C=O) groups is 3. The van der Waals surface area contributed by atoms with Crippen LogP contribution >= 0.6 is 23.2 Å². The number of benzene rings is 2. The first-order chi connectivity index (χ1) is 22.6. The molecule has 3 heterocycles. The number of para-hydroxylation sites is 1. The van der Waals surface area contributed by atoms with E-state index in [1.807, 2.05) is 35.9 Å². The molecule has 0 bridgehead atoms. The van der Waals surface area contributed by atoms with E-state index in [0.717, 1.165) is 49.9 Å². The number of nitrogens with one attached hydrogen (secondary N) is 1. The van der Waals surface area contributed by atoms with Crippen LogP contribution in [0.1, 0.15) is 54.4 Å². The Hall–Kier alpha value is -2.99. The number of aryl methyl sites for hydroxylation is 1. The van der Waals surface area contributed by atoms with Crippen LogP contribution in [0.15, 0.2) is 42.6 Å². The number of aromatic nitrogens is 1. The summed E-state index contributed by atoms with van der Waals surface area (Å²) >= 11 is 13.6. The zero-order valence-corrected chi connectivity index (χ0v) is 28.5. The quantitative estimate of drug-likeness (QED) is 0.288. The van der Waals surface area contributed by atoms with Gasteiger partial charge in [0.1, 0.15) is 0 Å². The van der Waals surface area contributed by atoms with Crippen molar-refractivity contribution in [3.8, 4) is 0 Å². The highest BCUT2D eigenvalue weighted by Gasteiger charge is 2.53. The summed E-state index contributed by atoms with van der Waals surface area (Å²) in [7, 11) is 3.97. The van der Waals surface area contributed by atoms with Gasteiger partial charge >= 0.3 is 5.97 Å². The van der Waals surface area contributed by atoms with Gasteiger partial charge in [-0.2, -0.15) is 0 Å². The Balaban J connectivity index is 1.27. The molecule has 2 aliphatic heterocycles. The summed E-state index contributed by atoms with van der Waals surface area (Å²) in [6, 6.07) is 11.0.